The molecule has 0 fully saturated rings. The lowest BCUT2D eigenvalue weighted by molar-refractivity contribution is 0.746. The van der Waals surface area contributed by atoms with Gasteiger partial charge in [0.15, 0.2) is 0 Å². The summed E-state index contributed by atoms with van der Waals surface area (Å²) in [6, 6.07) is 7.09. The molecule has 1 aliphatic carbocycles. The van der Waals surface area contributed by atoms with Gasteiger partial charge in [0.05, 0.1) is 0 Å². The van der Waals surface area contributed by atoms with E-state index in [9.17, 15) is 0 Å². The predicted molar refractivity (Wildman–Crippen MR) is 69.8 cm³/mol. The second-order valence-electron chi connectivity index (χ2n) is 4.50. The van der Waals surface area contributed by atoms with Gasteiger partial charge in [-0.15, -0.1) is 0 Å². The molecule has 0 nitrogen and oxygen atoms in total. The molecule has 0 radical (unpaired) electrons. The zero-order valence-corrected chi connectivity index (χ0v) is 11.0. The van der Waals surface area contributed by atoms with Crippen molar-refractivity contribution in [3.63, 3.8) is 0 Å². The monoisotopic (exact) mass is 266 g/mol. The van der Waals surface area contributed by atoms with Crippen LogP contribution in [0.4, 0.5) is 0 Å². The van der Waals surface area contributed by atoms with E-state index in [4.69, 9.17) is 0 Å². The fourth-order valence-corrected chi connectivity index (χ4v) is 2.54. The van der Waals surface area contributed by atoms with E-state index in [2.05, 4.69) is 41.1 Å². The molecule has 1 unspecified atom stereocenters. The van der Waals surface area contributed by atoms with Gasteiger partial charge in [-0.3, -0.25) is 0 Å². The highest BCUT2D eigenvalue weighted by Crippen LogP contribution is 2.24. The van der Waals surface area contributed by atoms with Crippen LogP contribution >= 0.6 is 15.9 Å². The van der Waals surface area contributed by atoms with E-state index < -0.39 is 0 Å². The first kappa shape index (κ1) is 11.2. The van der Waals surface area contributed by atoms with E-state index in [-0.39, 0.29) is 0 Å². The normalized spacial score (nSPS) is 16.4. The Morgan fingerprint density at radius 1 is 1.27 bits per heavy atom. The molecule has 1 aliphatic rings. The number of benzene rings is 1. The lowest BCUT2D eigenvalue weighted by atomic mass is 10.0. The van der Waals surface area contributed by atoms with Crippen molar-refractivity contribution in [2.24, 2.45) is 0 Å². The molecule has 1 atom stereocenters. The van der Waals surface area contributed by atoms with Gasteiger partial charge in [-0.1, -0.05) is 41.1 Å². The minimum Gasteiger partial charge on any atom is -0.0891 e. The van der Waals surface area contributed by atoms with Crippen LogP contribution in [0.3, 0.4) is 0 Å². The van der Waals surface area contributed by atoms with Gasteiger partial charge < -0.3 is 0 Å². The fraction of sp³-hybridized carbons (Fsp3) is 0.571. The van der Waals surface area contributed by atoms with E-state index >= 15 is 0 Å². The highest BCUT2D eigenvalue weighted by molar-refractivity contribution is 9.09. The average Bonchev–Trinajstić information content (AvgIpc) is 2.72. The second-order valence-corrected chi connectivity index (χ2v) is 5.80. The Hall–Kier alpha value is -0.300. The summed E-state index contributed by atoms with van der Waals surface area (Å²) < 4.78 is 0. The van der Waals surface area contributed by atoms with E-state index in [1.165, 1.54) is 44.1 Å². The smallest absolute Gasteiger partial charge is 0.0146 e. The van der Waals surface area contributed by atoms with Crippen LogP contribution in [0.25, 0.3) is 0 Å². The zero-order valence-electron chi connectivity index (χ0n) is 9.43. The van der Waals surface area contributed by atoms with Crippen molar-refractivity contribution in [3.8, 4) is 0 Å². The molecule has 0 amide bonds. The molecule has 0 N–H and O–H groups in total. The van der Waals surface area contributed by atoms with Gasteiger partial charge in [0.1, 0.15) is 0 Å². The Morgan fingerprint density at radius 2 is 2.07 bits per heavy atom. The third kappa shape index (κ3) is 2.84. The number of alkyl halides is 1. The Bertz CT molecular complexity index is 330. The Labute approximate surface area is 101 Å². The van der Waals surface area contributed by atoms with Gasteiger partial charge in [0, 0.05) is 4.83 Å². The van der Waals surface area contributed by atoms with Crippen molar-refractivity contribution < 1.29 is 0 Å². The number of hydrogen-bond acceptors (Lipinski definition) is 0. The first-order valence-corrected chi connectivity index (χ1v) is 6.96. The number of rotatable bonds is 4. The van der Waals surface area contributed by atoms with Crippen molar-refractivity contribution in [2.75, 3.05) is 0 Å². The van der Waals surface area contributed by atoms with Crippen LogP contribution in [0.1, 0.15) is 42.9 Å². The van der Waals surface area contributed by atoms with E-state index in [0.29, 0.717) is 4.83 Å². The largest absolute Gasteiger partial charge is 0.0891 e. The van der Waals surface area contributed by atoms with E-state index in [0.717, 1.165) is 0 Å². The van der Waals surface area contributed by atoms with Crippen molar-refractivity contribution in [1.82, 2.24) is 0 Å². The SMILES string of the molecule is CCC(Br)CCc1ccc2c(c1)CCC2. The van der Waals surface area contributed by atoms with Crippen LogP contribution in [-0.4, -0.2) is 4.83 Å². The fourth-order valence-electron chi connectivity index (χ4n) is 2.31. The molecule has 0 heterocycles. The highest BCUT2D eigenvalue weighted by Gasteiger charge is 2.11. The molecule has 1 aromatic carbocycles. The number of halogens is 1. The molecule has 1 aromatic rings. The standard InChI is InChI=1S/C14H19Br/c1-2-14(15)9-7-11-6-8-12-4-3-5-13(12)10-11/h6,8,10,14H,2-5,7,9H2,1H3. The predicted octanol–water partition coefficient (Wildman–Crippen LogP) is 4.28. The van der Waals surface area contributed by atoms with Crippen molar-refractivity contribution >= 4 is 15.9 Å². The van der Waals surface area contributed by atoms with Crippen LogP contribution in [-0.2, 0) is 19.3 Å². The van der Waals surface area contributed by atoms with Crippen molar-refractivity contribution in [3.05, 3.63) is 34.9 Å². The van der Waals surface area contributed by atoms with Crippen molar-refractivity contribution in [1.29, 1.82) is 0 Å². The maximum Gasteiger partial charge on any atom is 0.0146 e. The minimum atomic E-state index is 0.686. The summed E-state index contributed by atoms with van der Waals surface area (Å²) in [5.41, 5.74) is 4.72. The molecule has 82 valence electrons. The van der Waals surface area contributed by atoms with Gasteiger partial charge in [-0.2, -0.15) is 0 Å². The third-order valence-corrected chi connectivity index (χ3v) is 4.46. The maximum absolute atomic E-state index is 3.70. The molecule has 0 saturated heterocycles. The molecule has 0 bridgehead atoms. The Balaban J connectivity index is 1.98. The first-order chi connectivity index (χ1) is 7.29. The number of aryl methyl sites for hydroxylation is 3. The summed E-state index contributed by atoms with van der Waals surface area (Å²) in [7, 11) is 0. The Morgan fingerprint density at radius 3 is 2.87 bits per heavy atom. The molecule has 15 heavy (non-hydrogen) atoms. The topological polar surface area (TPSA) is 0 Å². The summed E-state index contributed by atoms with van der Waals surface area (Å²) >= 11 is 3.70. The molecule has 0 aromatic heterocycles. The van der Waals surface area contributed by atoms with Crippen LogP contribution in [0.15, 0.2) is 18.2 Å². The Kier molecular flexibility index (Phi) is 3.85. The lowest BCUT2D eigenvalue weighted by Crippen LogP contribution is -1.98. The average molecular weight is 267 g/mol. The molecular weight excluding hydrogens is 248 g/mol. The highest BCUT2D eigenvalue weighted by atomic mass is 79.9. The van der Waals surface area contributed by atoms with Crippen molar-refractivity contribution in [2.45, 2.75) is 50.3 Å². The maximum atomic E-state index is 3.70. The summed E-state index contributed by atoms with van der Waals surface area (Å²) in [6.07, 6.45) is 7.66. The van der Waals surface area contributed by atoms with Gasteiger partial charge in [-0.05, 0) is 55.2 Å². The molecule has 2 rings (SSSR count). The zero-order chi connectivity index (χ0) is 10.7. The number of hydrogen-bond donors (Lipinski definition) is 0. The molecule has 0 saturated carbocycles. The van der Waals surface area contributed by atoms with Gasteiger partial charge in [0.25, 0.3) is 0 Å². The summed E-state index contributed by atoms with van der Waals surface area (Å²) in [6.45, 7) is 2.24. The van der Waals surface area contributed by atoms with Gasteiger partial charge in [-0.25, -0.2) is 0 Å². The van der Waals surface area contributed by atoms with Crippen LogP contribution < -0.4 is 0 Å². The molecule has 1 heteroatoms. The molecule has 0 spiro atoms. The van der Waals surface area contributed by atoms with Crippen LogP contribution in [0.2, 0.25) is 0 Å². The van der Waals surface area contributed by atoms with Crippen LogP contribution in [0.5, 0.6) is 0 Å². The summed E-state index contributed by atoms with van der Waals surface area (Å²) in [5.74, 6) is 0. The summed E-state index contributed by atoms with van der Waals surface area (Å²) in [5, 5.41) is 0. The van der Waals surface area contributed by atoms with Gasteiger partial charge in [0.2, 0.25) is 0 Å². The van der Waals surface area contributed by atoms with Crippen LogP contribution in [0, 0.1) is 0 Å². The lowest BCUT2D eigenvalue weighted by Gasteiger charge is -2.08. The molecular formula is C14H19Br. The number of fused-ring (bicyclic) bond motifs is 1. The molecule has 0 aliphatic heterocycles. The summed E-state index contributed by atoms with van der Waals surface area (Å²) in [4.78, 5) is 0.686. The van der Waals surface area contributed by atoms with Gasteiger partial charge >= 0.3 is 0 Å². The van der Waals surface area contributed by atoms with E-state index in [1.54, 1.807) is 11.1 Å². The quantitative estimate of drug-likeness (QED) is 0.714. The minimum absolute atomic E-state index is 0.686. The van der Waals surface area contributed by atoms with E-state index in [1.807, 2.05) is 0 Å². The third-order valence-electron chi connectivity index (χ3n) is 3.35. The first-order valence-electron chi connectivity index (χ1n) is 6.04. The second kappa shape index (κ2) is 5.16.